The fourth-order valence-electron chi connectivity index (χ4n) is 2.91. The van der Waals surface area contributed by atoms with E-state index in [1.54, 1.807) is 4.90 Å². The summed E-state index contributed by atoms with van der Waals surface area (Å²) >= 11 is 0. The number of carbonyl (C=O) groups is 2. The van der Waals surface area contributed by atoms with E-state index in [4.69, 9.17) is 10.8 Å². The van der Waals surface area contributed by atoms with E-state index in [9.17, 15) is 9.59 Å². The first-order valence-corrected chi connectivity index (χ1v) is 6.12. The Morgan fingerprint density at radius 3 is 2.29 bits per heavy atom. The fourth-order valence-corrected chi connectivity index (χ4v) is 2.91. The summed E-state index contributed by atoms with van der Waals surface area (Å²) in [4.78, 5) is 25.8. The maximum absolute atomic E-state index is 11.1. The van der Waals surface area contributed by atoms with Gasteiger partial charge in [0.25, 0.3) is 0 Å². The van der Waals surface area contributed by atoms with Crippen molar-refractivity contribution < 1.29 is 14.7 Å². The van der Waals surface area contributed by atoms with Crippen molar-refractivity contribution in [1.82, 2.24) is 9.80 Å². The minimum Gasteiger partial charge on any atom is -0.480 e. The van der Waals surface area contributed by atoms with Crippen LogP contribution in [0.5, 0.6) is 0 Å². The van der Waals surface area contributed by atoms with Gasteiger partial charge in [-0.05, 0) is 32.2 Å². The van der Waals surface area contributed by atoms with Gasteiger partial charge in [0.2, 0.25) is 0 Å². The van der Waals surface area contributed by atoms with Crippen molar-refractivity contribution in [3.05, 3.63) is 0 Å². The number of nitrogens with two attached hydrogens (primary N) is 1. The molecule has 0 aromatic carbocycles. The zero-order chi connectivity index (χ0) is 12.4. The molecule has 2 amide bonds. The number of carboxylic acids is 1. The number of amides is 2. The van der Waals surface area contributed by atoms with E-state index in [2.05, 4.69) is 4.90 Å². The topological polar surface area (TPSA) is 86.9 Å². The van der Waals surface area contributed by atoms with Gasteiger partial charge in [-0.25, -0.2) is 4.79 Å². The minimum atomic E-state index is -0.722. The third kappa shape index (κ3) is 2.52. The molecule has 0 aromatic heterocycles. The number of rotatable bonds is 2. The number of hydrogen-bond donors (Lipinski definition) is 2. The Hall–Kier alpha value is -1.30. The summed E-state index contributed by atoms with van der Waals surface area (Å²) in [6, 6.07) is -0.422. The lowest BCUT2D eigenvalue weighted by Crippen LogP contribution is -2.50. The van der Waals surface area contributed by atoms with Crippen LogP contribution in [0, 0.1) is 0 Å². The van der Waals surface area contributed by atoms with Gasteiger partial charge in [0.15, 0.2) is 0 Å². The first kappa shape index (κ1) is 12.2. The number of carbonyl (C=O) groups excluding carboxylic acids is 1. The number of aliphatic carboxylic acids is 1. The molecule has 3 N–H and O–H groups in total. The van der Waals surface area contributed by atoms with Gasteiger partial charge in [0.05, 0.1) is 0 Å². The van der Waals surface area contributed by atoms with E-state index in [1.165, 1.54) is 0 Å². The monoisotopic (exact) mass is 241 g/mol. The Bertz CT molecular complexity index is 313. The molecule has 2 aliphatic heterocycles. The fraction of sp³-hybridized carbons (Fsp3) is 0.818. The lowest BCUT2D eigenvalue weighted by atomic mass is 10.0. The quantitative estimate of drug-likeness (QED) is 0.716. The number of hydrogen-bond acceptors (Lipinski definition) is 3. The zero-order valence-corrected chi connectivity index (χ0v) is 9.84. The average molecular weight is 241 g/mol. The summed E-state index contributed by atoms with van der Waals surface area (Å²) in [6.07, 6.45) is 3.35. The second-order valence-corrected chi connectivity index (χ2v) is 4.79. The Morgan fingerprint density at radius 1 is 1.12 bits per heavy atom. The van der Waals surface area contributed by atoms with Crippen molar-refractivity contribution in [3.8, 4) is 0 Å². The maximum atomic E-state index is 11.1. The van der Waals surface area contributed by atoms with Gasteiger partial charge in [-0.2, -0.15) is 0 Å². The molecule has 2 saturated heterocycles. The van der Waals surface area contributed by atoms with Crippen LogP contribution in [0.15, 0.2) is 0 Å². The number of piperidine rings is 1. The molecule has 1 atom stereocenters. The summed E-state index contributed by atoms with van der Waals surface area (Å²) in [5.41, 5.74) is 5.22. The molecule has 6 heteroatoms. The second-order valence-electron chi connectivity index (χ2n) is 4.79. The van der Waals surface area contributed by atoms with Crippen LogP contribution >= 0.6 is 0 Å². The normalized spacial score (nSPS) is 27.3. The maximum Gasteiger partial charge on any atom is 0.320 e. The number of carboxylic acid groups (broad SMARTS) is 1. The van der Waals surface area contributed by atoms with E-state index in [1.807, 2.05) is 0 Å². The summed E-state index contributed by atoms with van der Waals surface area (Å²) in [6.45, 7) is 2.14. The number of likely N-dealkylation sites (tertiary alicyclic amines) is 2. The molecule has 0 aromatic rings. The van der Waals surface area contributed by atoms with Crippen molar-refractivity contribution in [2.45, 2.75) is 37.8 Å². The van der Waals surface area contributed by atoms with Gasteiger partial charge < -0.3 is 15.7 Å². The van der Waals surface area contributed by atoms with Crippen LogP contribution in [-0.2, 0) is 4.79 Å². The highest BCUT2D eigenvalue weighted by Gasteiger charge is 2.36. The molecule has 0 spiro atoms. The van der Waals surface area contributed by atoms with Gasteiger partial charge in [0, 0.05) is 19.1 Å². The molecular weight excluding hydrogens is 222 g/mol. The van der Waals surface area contributed by atoms with Crippen molar-refractivity contribution in [2.75, 3.05) is 19.6 Å². The van der Waals surface area contributed by atoms with Gasteiger partial charge in [0.1, 0.15) is 6.04 Å². The molecule has 6 nitrogen and oxygen atoms in total. The van der Waals surface area contributed by atoms with Crippen molar-refractivity contribution in [1.29, 1.82) is 0 Å². The molecule has 96 valence electrons. The molecule has 0 bridgehead atoms. The second kappa shape index (κ2) is 4.91. The lowest BCUT2D eigenvalue weighted by Gasteiger charge is -2.37. The summed E-state index contributed by atoms with van der Waals surface area (Å²) < 4.78 is 0. The van der Waals surface area contributed by atoms with Crippen LogP contribution in [0.25, 0.3) is 0 Å². The van der Waals surface area contributed by atoms with Gasteiger partial charge in [-0.3, -0.25) is 9.69 Å². The SMILES string of the molecule is NC(=O)N1CCC(N2CCCC2C(=O)O)CC1. The minimum absolute atomic E-state index is 0.286. The number of urea groups is 1. The van der Waals surface area contributed by atoms with Gasteiger partial charge in [-0.15, -0.1) is 0 Å². The number of primary amides is 1. The van der Waals surface area contributed by atoms with E-state index < -0.39 is 5.97 Å². The van der Waals surface area contributed by atoms with E-state index >= 15 is 0 Å². The largest absolute Gasteiger partial charge is 0.480 e. The Kier molecular flexibility index (Phi) is 3.51. The van der Waals surface area contributed by atoms with E-state index in [-0.39, 0.29) is 18.1 Å². The summed E-state index contributed by atoms with van der Waals surface area (Å²) in [7, 11) is 0. The van der Waals surface area contributed by atoms with Gasteiger partial charge in [-0.1, -0.05) is 0 Å². The molecule has 2 aliphatic rings. The molecule has 0 saturated carbocycles. The van der Waals surface area contributed by atoms with Crippen LogP contribution in [-0.4, -0.2) is 58.6 Å². The van der Waals surface area contributed by atoms with E-state index in [0.29, 0.717) is 13.1 Å². The molecule has 0 aliphatic carbocycles. The highest BCUT2D eigenvalue weighted by Crippen LogP contribution is 2.25. The molecule has 2 rings (SSSR count). The Balaban J connectivity index is 1.92. The third-order valence-corrected chi connectivity index (χ3v) is 3.82. The van der Waals surface area contributed by atoms with E-state index in [0.717, 1.165) is 32.2 Å². The van der Waals surface area contributed by atoms with Crippen LogP contribution in [0.1, 0.15) is 25.7 Å². The molecule has 1 unspecified atom stereocenters. The van der Waals surface area contributed by atoms with Crippen molar-refractivity contribution in [3.63, 3.8) is 0 Å². The first-order chi connectivity index (χ1) is 8.09. The highest BCUT2D eigenvalue weighted by atomic mass is 16.4. The Morgan fingerprint density at radius 2 is 1.76 bits per heavy atom. The zero-order valence-electron chi connectivity index (χ0n) is 9.84. The smallest absolute Gasteiger partial charge is 0.320 e. The molecular formula is C11H19N3O3. The molecule has 0 radical (unpaired) electrons. The van der Waals surface area contributed by atoms with Crippen LogP contribution < -0.4 is 5.73 Å². The van der Waals surface area contributed by atoms with Crippen LogP contribution in [0.4, 0.5) is 4.79 Å². The van der Waals surface area contributed by atoms with Crippen LogP contribution in [0.2, 0.25) is 0 Å². The lowest BCUT2D eigenvalue weighted by molar-refractivity contribution is -0.143. The van der Waals surface area contributed by atoms with Crippen LogP contribution in [0.3, 0.4) is 0 Å². The molecule has 2 heterocycles. The molecule has 2 fully saturated rings. The summed E-state index contributed by atoms with van der Waals surface area (Å²) in [5.74, 6) is -0.722. The first-order valence-electron chi connectivity index (χ1n) is 6.12. The van der Waals surface area contributed by atoms with Crippen molar-refractivity contribution in [2.24, 2.45) is 5.73 Å². The summed E-state index contributed by atoms with van der Waals surface area (Å²) in [5, 5.41) is 9.13. The van der Waals surface area contributed by atoms with Crippen molar-refractivity contribution >= 4 is 12.0 Å². The number of nitrogens with zero attached hydrogens (tertiary/aromatic N) is 2. The average Bonchev–Trinajstić information content (AvgIpc) is 2.78. The third-order valence-electron chi connectivity index (χ3n) is 3.82. The standard InChI is InChI=1S/C11H19N3O3/c12-11(17)13-6-3-8(4-7-13)14-5-1-2-9(14)10(15)16/h8-9H,1-7H2,(H2,12,17)(H,15,16). The predicted octanol–water partition coefficient (Wildman–Crippen LogP) is 0.0785. The predicted molar refractivity (Wildman–Crippen MR) is 61.5 cm³/mol. The highest BCUT2D eigenvalue weighted by molar-refractivity contribution is 5.74. The molecule has 17 heavy (non-hydrogen) atoms. The Labute approximate surface area is 100 Å². The van der Waals surface area contributed by atoms with Gasteiger partial charge >= 0.3 is 12.0 Å².